The largest absolute Gasteiger partial charge is 0.462 e. The van der Waals surface area contributed by atoms with Crippen molar-refractivity contribution in [3.8, 4) is 0 Å². The fourth-order valence-electron chi connectivity index (χ4n) is 4.02. The first-order chi connectivity index (χ1) is 13.7. The smallest absolute Gasteiger partial charge is 0.341 e. The molecule has 2 atom stereocenters. The molecule has 9 heteroatoms. The van der Waals surface area contributed by atoms with Crippen LogP contribution in [-0.2, 0) is 22.4 Å². The number of carbonyl (C=O) groups is 2. The molecule has 0 radical (unpaired) electrons. The Morgan fingerprint density at radius 3 is 2.66 bits per heavy atom. The molecule has 3 rings (SSSR count). The summed E-state index contributed by atoms with van der Waals surface area (Å²) in [5.74, 6) is -0.855. The molecule has 2 aliphatic rings. The molecule has 0 aliphatic heterocycles. The highest BCUT2D eigenvalue weighted by Gasteiger charge is 2.60. The number of ether oxygens (including phenoxy) is 1. The van der Waals surface area contributed by atoms with Crippen molar-refractivity contribution in [1.29, 1.82) is 0 Å². The quantitative estimate of drug-likeness (QED) is 0.452. The van der Waals surface area contributed by atoms with Crippen molar-refractivity contribution in [2.45, 2.75) is 46.5 Å². The van der Waals surface area contributed by atoms with E-state index >= 15 is 0 Å². The van der Waals surface area contributed by atoms with Crippen LogP contribution >= 0.6 is 46.8 Å². The Morgan fingerprint density at radius 1 is 1.31 bits per heavy atom. The lowest BCUT2D eigenvalue weighted by Crippen LogP contribution is -2.36. The summed E-state index contributed by atoms with van der Waals surface area (Å²) in [6.45, 7) is 6.05. The average Bonchev–Trinajstić information content (AvgIpc) is 2.98. The summed E-state index contributed by atoms with van der Waals surface area (Å²) in [6.07, 6.45) is 5.63. The van der Waals surface area contributed by atoms with Crippen LogP contribution in [0.3, 0.4) is 0 Å². The lowest BCUT2D eigenvalue weighted by molar-refractivity contribution is -0.121. The van der Waals surface area contributed by atoms with Crippen molar-refractivity contribution in [1.82, 2.24) is 5.32 Å². The van der Waals surface area contributed by atoms with E-state index < -0.39 is 0 Å². The third kappa shape index (κ3) is 4.79. The van der Waals surface area contributed by atoms with E-state index in [2.05, 4.69) is 10.6 Å². The van der Waals surface area contributed by atoms with Gasteiger partial charge >= 0.3 is 5.97 Å². The molecular formula is C20H24Cl2N2O3S2. The molecule has 1 saturated carbocycles. The van der Waals surface area contributed by atoms with Gasteiger partial charge in [0.05, 0.1) is 18.1 Å². The second-order valence-electron chi connectivity index (χ2n) is 7.86. The van der Waals surface area contributed by atoms with Gasteiger partial charge in [0.2, 0.25) is 5.91 Å². The molecule has 0 saturated heterocycles. The average molecular weight is 475 g/mol. The summed E-state index contributed by atoms with van der Waals surface area (Å²) in [4.78, 5) is 26.4. The number of fused-ring (bicyclic) bond motifs is 1. The molecule has 2 aliphatic carbocycles. The van der Waals surface area contributed by atoms with E-state index in [1.54, 1.807) is 13.0 Å². The van der Waals surface area contributed by atoms with E-state index in [4.69, 9.17) is 40.2 Å². The summed E-state index contributed by atoms with van der Waals surface area (Å²) in [6, 6.07) is 0. The van der Waals surface area contributed by atoms with Crippen LogP contribution < -0.4 is 10.6 Å². The van der Waals surface area contributed by atoms with Crippen LogP contribution in [-0.4, -0.2) is 23.6 Å². The molecule has 0 bridgehead atoms. The zero-order valence-corrected chi connectivity index (χ0v) is 19.7. The minimum atomic E-state index is -0.353. The van der Waals surface area contributed by atoms with Gasteiger partial charge in [0.25, 0.3) is 0 Å². The number of carbonyl (C=O) groups excluding carboxylic acids is 2. The predicted molar refractivity (Wildman–Crippen MR) is 122 cm³/mol. The number of thiocarbonyl (C=S) groups is 1. The molecule has 5 nitrogen and oxygen atoms in total. The van der Waals surface area contributed by atoms with Crippen LogP contribution in [0.15, 0.2) is 10.6 Å². The summed E-state index contributed by atoms with van der Waals surface area (Å²) < 4.78 is 5.40. The number of esters is 1. The van der Waals surface area contributed by atoms with Crippen molar-refractivity contribution in [2.24, 2.45) is 17.3 Å². The number of thiophene rings is 1. The van der Waals surface area contributed by atoms with Gasteiger partial charge in [-0.1, -0.05) is 37.0 Å². The highest BCUT2D eigenvalue weighted by atomic mass is 35.5. The molecule has 1 heterocycles. The van der Waals surface area contributed by atoms with Crippen LogP contribution in [0.25, 0.3) is 0 Å². The lowest BCUT2D eigenvalue weighted by atomic mass is 9.95. The molecule has 0 aromatic carbocycles. The number of hydrogen-bond acceptors (Lipinski definition) is 5. The summed E-state index contributed by atoms with van der Waals surface area (Å²) >= 11 is 18.4. The highest BCUT2D eigenvalue weighted by Crippen LogP contribution is 2.59. The van der Waals surface area contributed by atoms with E-state index in [0.717, 1.165) is 31.2 Å². The van der Waals surface area contributed by atoms with E-state index in [9.17, 15) is 9.59 Å². The first kappa shape index (κ1) is 22.5. The molecule has 0 spiro atoms. The van der Waals surface area contributed by atoms with E-state index in [1.807, 2.05) is 13.8 Å². The van der Waals surface area contributed by atoms with Gasteiger partial charge in [-0.25, -0.2) is 4.79 Å². The Labute approximate surface area is 190 Å². The normalized spacial score (nSPS) is 21.6. The Hall–Kier alpha value is -1.15. The van der Waals surface area contributed by atoms with Crippen molar-refractivity contribution < 1.29 is 14.3 Å². The van der Waals surface area contributed by atoms with Crippen molar-refractivity contribution in [3.05, 3.63) is 26.6 Å². The number of rotatable bonds is 5. The molecule has 1 fully saturated rings. The fourth-order valence-corrected chi connectivity index (χ4v) is 5.84. The maximum atomic E-state index is 12.7. The van der Waals surface area contributed by atoms with Crippen LogP contribution in [0.4, 0.5) is 5.00 Å². The first-order valence-electron chi connectivity index (χ1n) is 9.63. The Bertz CT molecular complexity index is 875. The number of nitrogens with one attached hydrogen (secondary N) is 2. The van der Waals surface area contributed by atoms with Gasteiger partial charge in [-0.3, -0.25) is 4.79 Å². The Balaban J connectivity index is 1.73. The maximum Gasteiger partial charge on any atom is 0.341 e. The van der Waals surface area contributed by atoms with Gasteiger partial charge in [-0.15, -0.1) is 11.3 Å². The van der Waals surface area contributed by atoms with Gasteiger partial charge < -0.3 is 15.4 Å². The Morgan fingerprint density at radius 2 is 2.00 bits per heavy atom. The number of amides is 1. The van der Waals surface area contributed by atoms with Gasteiger partial charge in [-0.05, 0) is 67.8 Å². The molecule has 29 heavy (non-hydrogen) atoms. The maximum absolute atomic E-state index is 12.7. The van der Waals surface area contributed by atoms with Crippen LogP contribution in [0, 0.1) is 17.3 Å². The molecule has 2 unspecified atom stereocenters. The van der Waals surface area contributed by atoms with Crippen LogP contribution in [0.5, 0.6) is 0 Å². The standard InChI is InChI=1S/C20H24Cl2N2O3S2/c1-4-27-18(26)14-10-7-5-6-8-12(10)29-17(14)24-19(28)23-16(25)15-11(9-13(21)22)20(15,2)3/h9,11,15H,4-8H2,1-3H3,(H2,23,24,25,28). The zero-order valence-electron chi connectivity index (χ0n) is 16.6. The predicted octanol–water partition coefficient (Wildman–Crippen LogP) is 5.21. The SMILES string of the molecule is CCOC(=O)c1c(NC(=S)NC(=O)C2C(C=C(Cl)Cl)C2(C)C)sc2c1CCCC2. The number of allylic oxidation sites excluding steroid dienone is 1. The summed E-state index contributed by atoms with van der Waals surface area (Å²) in [7, 11) is 0. The van der Waals surface area contributed by atoms with Gasteiger partial charge in [0.15, 0.2) is 5.11 Å². The van der Waals surface area contributed by atoms with Gasteiger partial charge in [-0.2, -0.15) is 0 Å². The van der Waals surface area contributed by atoms with Crippen molar-refractivity contribution in [2.75, 3.05) is 11.9 Å². The third-order valence-electron chi connectivity index (χ3n) is 5.61. The van der Waals surface area contributed by atoms with Crippen LogP contribution in [0.2, 0.25) is 0 Å². The van der Waals surface area contributed by atoms with E-state index in [1.165, 1.54) is 16.2 Å². The minimum Gasteiger partial charge on any atom is -0.462 e. The van der Waals surface area contributed by atoms with Crippen LogP contribution in [0.1, 0.15) is 54.4 Å². The van der Waals surface area contributed by atoms with E-state index in [-0.39, 0.29) is 38.7 Å². The monoisotopic (exact) mass is 474 g/mol. The summed E-state index contributed by atoms with van der Waals surface area (Å²) in [5.41, 5.74) is 1.35. The van der Waals surface area contributed by atoms with Gasteiger partial charge in [0, 0.05) is 4.88 Å². The fraction of sp³-hybridized carbons (Fsp3) is 0.550. The third-order valence-corrected chi connectivity index (χ3v) is 7.28. The highest BCUT2D eigenvalue weighted by molar-refractivity contribution is 7.80. The molecule has 2 N–H and O–H groups in total. The first-order valence-corrected chi connectivity index (χ1v) is 11.6. The number of halogens is 2. The topological polar surface area (TPSA) is 67.4 Å². The molecule has 158 valence electrons. The number of hydrogen-bond donors (Lipinski definition) is 2. The summed E-state index contributed by atoms with van der Waals surface area (Å²) in [5, 5.41) is 6.60. The second kappa shape index (κ2) is 8.92. The number of anilines is 1. The van der Waals surface area contributed by atoms with Gasteiger partial charge in [0.1, 0.15) is 9.49 Å². The minimum absolute atomic E-state index is 0.0422. The number of aryl methyl sites for hydroxylation is 1. The molecule has 1 aromatic heterocycles. The van der Waals surface area contributed by atoms with Crippen molar-refractivity contribution >= 4 is 68.7 Å². The molecule has 1 aromatic rings. The van der Waals surface area contributed by atoms with E-state index in [0.29, 0.717) is 17.2 Å². The zero-order chi connectivity index (χ0) is 21.3. The Kier molecular flexibility index (Phi) is 6.93. The molecule has 1 amide bonds. The second-order valence-corrected chi connectivity index (χ2v) is 10.4. The lowest BCUT2D eigenvalue weighted by Gasteiger charge is -2.13. The van der Waals surface area contributed by atoms with Crippen molar-refractivity contribution in [3.63, 3.8) is 0 Å². The molecular weight excluding hydrogens is 451 g/mol.